The highest BCUT2D eigenvalue weighted by atomic mass is 16.5. The smallest absolute Gasteiger partial charge is 0.306 e. The average Bonchev–Trinajstić information content (AvgIpc) is 2.45. The monoisotopic (exact) mass is 279 g/mol. The van der Waals surface area contributed by atoms with E-state index < -0.39 is 0 Å². The Balaban J connectivity index is 2.42. The lowest BCUT2D eigenvalue weighted by molar-refractivity contribution is -0.141. The standard InChI is InChI=1S/C14H17NO5/c1-18-11-6-9-8(5-14(17)20-3)4-13(16)15-10(9)7-12(11)19-2/h6-8H,4-5H2,1-3H3,(H,15,16). The molecular weight excluding hydrogens is 262 g/mol. The van der Waals surface area contributed by atoms with Gasteiger partial charge in [0.25, 0.3) is 0 Å². The van der Waals surface area contributed by atoms with Crippen molar-refractivity contribution in [3.63, 3.8) is 0 Å². The van der Waals surface area contributed by atoms with Gasteiger partial charge in [-0.2, -0.15) is 0 Å². The van der Waals surface area contributed by atoms with Gasteiger partial charge in [-0.3, -0.25) is 9.59 Å². The van der Waals surface area contributed by atoms with Crippen LogP contribution in [0.5, 0.6) is 11.5 Å². The summed E-state index contributed by atoms with van der Waals surface area (Å²) >= 11 is 0. The van der Waals surface area contributed by atoms with Crippen LogP contribution in [-0.4, -0.2) is 33.2 Å². The first kappa shape index (κ1) is 14.2. The van der Waals surface area contributed by atoms with Gasteiger partial charge in [-0.15, -0.1) is 0 Å². The van der Waals surface area contributed by atoms with Gasteiger partial charge in [0, 0.05) is 24.1 Å². The molecule has 2 rings (SSSR count). The fourth-order valence-corrected chi connectivity index (χ4v) is 2.34. The van der Waals surface area contributed by atoms with Gasteiger partial charge in [-0.25, -0.2) is 0 Å². The molecule has 20 heavy (non-hydrogen) atoms. The number of anilines is 1. The zero-order valence-electron chi connectivity index (χ0n) is 11.7. The lowest BCUT2D eigenvalue weighted by Gasteiger charge is -2.26. The molecule has 1 N–H and O–H groups in total. The number of rotatable bonds is 4. The van der Waals surface area contributed by atoms with Crippen molar-refractivity contribution in [2.24, 2.45) is 0 Å². The van der Waals surface area contributed by atoms with E-state index in [1.54, 1.807) is 19.2 Å². The number of methoxy groups -OCH3 is 3. The van der Waals surface area contributed by atoms with E-state index in [9.17, 15) is 9.59 Å². The number of fused-ring (bicyclic) bond motifs is 1. The molecule has 6 nitrogen and oxygen atoms in total. The number of hydrogen-bond acceptors (Lipinski definition) is 5. The Bertz CT molecular complexity index is 541. The molecule has 0 aromatic heterocycles. The molecule has 0 saturated carbocycles. The Morgan fingerprint density at radius 1 is 1.25 bits per heavy atom. The maximum atomic E-state index is 11.7. The Morgan fingerprint density at radius 2 is 1.90 bits per heavy atom. The zero-order valence-corrected chi connectivity index (χ0v) is 11.7. The zero-order chi connectivity index (χ0) is 14.7. The Labute approximate surface area is 117 Å². The SMILES string of the molecule is COC(=O)CC1CC(=O)Nc2cc(OC)c(OC)cc21. The van der Waals surface area contributed by atoms with Crippen molar-refractivity contribution < 1.29 is 23.8 Å². The van der Waals surface area contributed by atoms with Crippen LogP contribution in [0.4, 0.5) is 5.69 Å². The molecule has 1 heterocycles. The van der Waals surface area contributed by atoms with Crippen LogP contribution in [0, 0.1) is 0 Å². The second kappa shape index (κ2) is 5.81. The molecule has 0 radical (unpaired) electrons. The van der Waals surface area contributed by atoms with Crippen molar-refractivity contribution in [3.05, 3.63) is 17.7 Å². The highest BCUT2D eigenvalue weighted by Crippen LogP contribution is 2.41. The van der Waals surface area contributed by atoms with E-state index in [1.165, 1.54) is 14.2 Å². The van der Waals surface area contributed by atoms with Crippen molar-refractivity contribution in [1.82, 2.24) is 0 Å². The number of hydrogen-bond donors (Lipinski definition) is 1. The van der Waals surface area contributed by atoms with Gasteiger partial charge in [-0.1, -0.05) is 0 Å². The molecule has 0 spiro atoms. The molecule has 1 aliphatic rings. The number of amides is 1. The van der Waals surface area contributed by atoms with Crippen LogP contribution in [-0.2, 0) is 14.3 Å². The van der Waals surface area contributed by atoms with E-state index in [0.717, 1.165) is 5.56 Å². The van der Waals surface area contributed by atoms with Gasteiger partial charge < -0.3 is 19.5 Å². The molecule has 0 aliphatic carbocycles. The van der Waals surface area contributed by atoms with E-state index in [1.807, 2.05) is 0 Å². The Kier molecular flexibility index (Phi) is 4.12. The third-order valence-electron chi connectivity index (χ3n) is 3.34. The van der Waals surface area contributed by atoms with Crippen LogP contribution < -0.4 is 14.8 Å². The summed E-state index contributed by atoms with van der Waals surface area (Å²) < 4.78 is 15.1. The molecule has 1 unspecified atom stereocenters. The van der Waals surface area contributed by atoms with Crippen LogP contribution in [0.25, 0.3) is 0 Å². The minimum absolute atomic E-state index is 0.126. The van der Waals surface area contributed by atoms with Crippen molar-refractivity contribution in [2.75, 3.05) is 26.6 Å². The van der Waals surface area contributed by atoms with Crippen LogP contribution in [0.2, 0.25) is 0 Å². The topological polar surface area (TPSA) is 73.9 Å². The summed E-state index contributed by atoms with van der Waals surface area (Å²) in [6, 6.07) is 3.50. The molecule has 1 atom stereocenters. The van der Waals surface area contributed by atoms with E-state index in [2.05, 4.69) is 10.1 Å². The second-order valence-electron chi connectivity index (χ2n) is 4.52. The number of carbonyl (C=O) groups excluding carboxylic acids is 2. The van der Waals surface area contributed by atoms with Gasteiger partial charge in [0.2, 0.25) is 5.91 Å². The van der Waals surface area contributed by atoms with Gasteiger partial charge in [0.05, 0.1) is 27.8 Å². The fraction of sp³-hybridized carbons (Fsp3) is 0.429. The lowest BCUT2D eigenvalue weighted by Crippen LogP contribution is -2.24. The number of esters is 1. The third kappa shape index (κ3) is 2.68. The fourth-order valence-electron chi connectivity index (χ4n) is 2.34. The summed E-state index contributed by atoms with van der Waals surface area (Å²) in [5.74, 6) is 0.414. The van der Waals surface area contributed by atoms with Crippen molar-refractivity contribution in [1.29, 1.82) is 0 Å². The Hall–Kier alpha value is -2.24. The molecule has 1 aromatic rings. The first-order valence-electron chi connectivity index (χ1n) is 6.21. The van der Waals surface area contributed by atoms with E-state index in [4.69, 9.17) is 9.47 Å². The van der Waals surface area contributed by atoms with Gasteiger partial charge in [0.1, 0.15) is 0 Å². The molecule has 1 aliphatic heterocycles. The van der Waals surface area contributed by atoms with E-state index >= 15 is 0 Å². The number of nitrogens with one attached hydrogen (secondary N) is 1. The first-order valence-corrected chi connectivity index (χ1v) is 6.21. The van der Waals surface area contributed by atoms with Crippen LogP contribution in [0.3, 0.4) is 0 Å². The quantitative estimate of drug-likeness (QED) is 0.849. The summed E-state index contributed by atoms with van der Waals surface area (Å²) in [5.41, 5.74) is 1.50. The third-order valence-corrected chi connectivity index (χ3v) is 3.34. The minimum Gasteiger partial charge on any atom is -0.493 e. The van der Waals surface area contributed by atoms with E-state index in [-0.39, 0.29) is 30.6 Å². The van der Waals surface area contributed by atoms with Crippen molar-refractivity contribution >= 4 is 17.6 Å². The maximum absolute atomic E-state index is 11.7. The predicted molar refractivity (Wildman–Crippen MR) is 72.2 cm³/mol. The average molecular weight is 279 g/mol. The molecule has 0 fully saturated rings. The number of benzene rings is 1. The van der Waals surface area contributed by atoms with E-state index in [0.29, 0.717) is 17.2 Å². The van der Waals surface area contributed by atoms with Crippen LogP contribution in [0.15, 0.2) is 12.1 Å². The number of carbonyl (C=O) groups is 2. The molecule has 6 heteroatoms. The normalized spacial score (nSPS) is 16.9. The first-order chi connectivity index (χ1) is 9.58. The van der Waals surface area contributed by atoms with Crippen LogP contribution in [0.1, 0.15) is 24.3 Å². The van der Waals surface area contributed by atoms with Crippen molar-refractivity contribution in [3.8, 4) is 11.5 Å². The summed E-state index contributed by atoms with van der Waals surface area (Å²) in [6.45, 7) is 0. The summed E-state index contributed by atoms with van der Waals surface area (Å²) in [7, 11) is 4.41. The highest BCUT2D eigenvalue weighted by Gasteiger charge is 2.29. The molecular formula is C14H17NO5. The molecule has 0 saturated heterocycles. The van der Waals surface area contributed by atoms with Gasteiger partial charge >= 0.3 is 5.97 Å². The highest BCUT2D eigenvalue weighted by molar-refractivity contribution is 5.96. The minimum atomic E-state index is -0.342. The second-order valence-corrected chi connectivity index (χ2v) is 4.52. The van der Waals surface area contributed by atoms with Gasteiger partial charge in [-0.05, 0) is 11.6 Å². The summed E-state index contributed by atoms with van der Waals surface area (Å²) in [6.07, 6.45) is 0.407. The van der Waals surface area contributed by atoms with Crippen LogP contribution >= 0.6 is 0 Å². The molecule has 1 amide bonds. The lowest BCUT2D eigenvalue weighted by atomic mass is 9.87. The Morgan fingerprint density at radius 3 is 2.50 bits per heavy atom. The number of ether oxygens (including phenoxy) is 3. The largest absolute Gasteiger partial charge is 0.493 e. The molecule has 1 aromatic carbocycles. The van der Waals surface area contributed by atoms with Crippen molar-refractivity contribution in [2.45, 2.75) is 18.8 Å². The summed E-state index contributed by atoms with van der Waals surface area (Å²) in [4.78, 5) is 23.2. The molecule has 0 bridgehead atoms. The molecule has 108 valence electrons. The maximum Gasteiger partial charge on any atom is 0.306 e. The van der Waals surface area contributed by atoms with Gasteiger partial charge in [0.15, 0.2) is 11.5 Å². The summed E-state index contributed by atoms with van der Waals surface area (Å²) in [5, 5.41) is 2.78. The predicted octanol–water partition coefficient (Wildman–Crippen LogP) is 1.69.